The third-order valence-electron chi connectivity index (χ3n) is 4.40. The monoisotopic (exact) mass is 360 g/mol. The molecule has 0 aliphatic carbocycles. The van der Waals surface area contributed by atoms with Gasteiger partial charge >= 0.3 is 0 Å². The van der Waals surface area contributed by atoms with Gasteiger partial charge in [0, 0.05) is 22.3 Å². The van der Waals surface area contributed by atoms with E-state index >= 15 is 0 Å². The Kier molecular flexibility index (Phi) is 3.89. The van der Waals surface area contributed by atoms with E-state index in [1.54, 1.807) is 6.07 Å². The minimum atomic E-state index is 0.390. The predicted molar refractivity (Wildman–Crippen MR) is 100 cm³/mol. The molecule has 0 fully saturated rings. The van der Waals surface area contributed by atoms with Gasteiger partial charge in [0.05, 0.1) is 17.3 Å². The number of anilines is 1. The summed E-state index contributed by atoms with van der Waals surface area (Å²) in [5, 5.41) is 9.69. The molecule has 1 aliphatic rings. The second-order valence-electron chi connectivity index (χ2n) is 6.29. The lowest BCUT2D eigenvalue weighted by molar-refractivity contribution is 0.507. The summed E-state index contributed by atoms with van der Waals surface area (Å²) in [7, 11) is 0. The molecule has 0 bridgehead atoms. The van der Waals surface area contributed by atoms with Crippen molar-refractivity contribution < 1.29 is 0 Å². The second kappa shape index (κ2) is 5.94. The van der Waals surface area contributed by atoms with E-state index in [1.807, 2.05) is 19.1 Å². The molecule has 4 rings (SSSR count). The topological polar surface area (TPSA) is 42.7 Å². The van der Waals surface area contributed by atoms with Crippen LogP contribution in [0.25, 0.3) is 22.3 Å². The van der Waals surface area contributed by atoms with E-state index in [9.17, 15) is 0 Å². The van der Waals surface area contributed by atoms with Crippen LogP contribution < -0.4 is 5.32 Å². The van der Waals surface area contributed by atoms with Gasteiger partial charge in [-0.2, -0.15) is 5.10 Å². The summed E-state index contributed by atoms with van der Waals surface area (Å²) in [4.78, 5) is 4.73. The summed E-state index contributed by atoms with van der Waals surface area (Å²) < 4.78 is 2.06. The Labute approximate surface area is 150 Å². The lowest BCUT2D eigenvalue weighted by atomic mass is 10.1. The van der Waals surface area contributed by atoms with Crippen LogP contribution in [0.4, 0.5) is 5.69 Å². The first-order valence-electron chi connectivity index (χ1n) is 8.17. The fourth-order valence-corrected chi connectivity index (χ4v) is 3.90. The summed E-state index contributed by atoms with van der Waals surface area (Å²) in [6.07, 6.45) is 2.25. The maximum absolute atomic E-state index is 6.41. The summed E-state index contributed by atoms with van der Waals surface area (Å²) >= 11 is 12.4. The minimum absolute atomic E-state index is 0.390. The molecule has 0 spiro atoms. The summed E-state index contributed by atoms with van der Waals surface area (Å²) in [6, 6.07) is 7.98. The Balaban J connectivity index is 1.94. The largest absolute Gasteiger partial charge is 0.379 e. The van der Waals surface area contributed by atoms with Crippen LogP contribution in [0.3, 0.4) is 0 Å². The summed E-state index contributed by atoms with van der Waals surface area (Å²) in [5.74, 6) is 0. The van der Waals surface area contributed by atoms with Gasteiger partial charge in [0.1, 0.15) is 16.7 Å². The van der Waals surface area contributed by atoms with Crippen molar-refractivity contribution in [1.29, 1.82) is 0 Å². The molecule has 3 heterocycles. The maximum Gasteiger partial charge on any atom is 0.120 e. The Morgan fingerprint density at radius 2 is 2.12 bits per heavy atom. The van der Waals surface area contributed by atoms with Crippen LogP contribution in [0.15, 0.2) is 24.3 Å². The van der Waals surface area contributed by atoms with Gasteiger partial charge in [-0.05, 0) is 37.6 Å². The molecule has 24 heavy (non-hydrogen) atoms. The highest BCUT2D eigenvalue weighted by molar-refractivity contribution is 6.36. The molecule has 1 N–H and O–H groups in total. The van der Waals surface area contributed by atoms with Crippen molar-refractivity contribution in [3.8, 4) is 11.3 Å². The van der Waals surface area contributed by atoms with E-state index in [0.717, 1.165) is 53.1 Å². The zero-order valence-corrected chi connectivity index (χ0v) is 15.1. The van der Waals surface area contributed by atoms with Gasteiger partial charge in [-0.3, -0.25) is 4.68 Å². The van der Waals surface area contributed by atoms with Crippen LogP contribution in [0.2, 0.25) is 10.0 Å². The van der Waals surface area contributed by atoms with Gasteiger partial charge in [-0.25, -0.2) is 4.98 Å². The lowest BCUT2D eigenvalue weighted by Crippen LogP contribution is -2.30. The quantitative estimate of drug-likeness (QED) is 0.688. The molecule has 0 radical (unpaired) electrons. The molecule has 2 aromatic heterocycles. The third kappa shape index (κ3) is 2.54. The van der Waals surface area contributed by atoms with Gasteiger partial charge < -0.3 is 5.32 Å². The highest BCUT2D eigenvalue weighted by Crippen LogP contribution is 2.38. The minimum Gasteiger partial charge on any atom is -0.379 e. The van der Waals surface area contributed by atoms with E-state index in [0.29, 0.717) is 16.1 Å². The van der Waals surface area contributed by atoms with Gasteiger partial charge in [0.15, 0.2) is 0 Å². The Bertz CT molecular complexity index is 932. The van der Waals surface area contributed by atoms with Crippen LogP contribution in [-0.4, -0.2) is 20.8 Å². The fourth-order valence-electron chi connectivity index (χ4n) is 3.40. The number of nitrogens with zero attached hydrogens (tertiary/aromatic N) is 3. The molecular formula is C18H18Cl2N4. The number of halogens is 2. The number of pyridine rings is 1. The third-order valence-corrected chi connectivity index (χ3v) is 4.95. The van der Waals surface area contributed by atoms with E-state index < -0.39 is 0 Å². The highest BCUT2D eigenvalue weighted by Gasteiger charge is 2.25. The molecule has 3 aromatic rings. The lowest BCUT2D eigenvalue weighted by Gasteiger charge is -2.25. The first kappa shape index (κ1) is 15.7. The van der Waals surface area contributed by atoms with Crippen molar-refractivity contribution in [1.82, 2.24) is 14.8 Å². The predicted octanol–water partition coefficient (Wildman–Crippen LogP) is 5.31. The molecule has 4 nitrogen and oxygen atoms in total. The Morgan fingerprint density at radius 1 is 1.29 bits per heavy atom. The number of hydrogen-bond donors (Lipinski definition) is 1. The van der Waals surface area contributed by atoms with Gasteiger partial charge in [-0.1, -0.05) is 36.5 Å². The van der Waals surface area contributed by atoms with E-state index in [1.165, 1.54) is 0 Å². The van der Waals surface area contributed by atoms with Crippen LogP contribution in [0.1, 0.15) is 25.5 Å². The first-order chi connectivity index (χ1) is 11.6. The molecule has 6 heteroatoms. The van der Waals surface area contributed by atoms with Crippen LogP contribution in [0, 0.1) is 6.92 Å². The molecule has 0 saturated heterocycles. The van der Waals surface area contributed by atoms with Crippen LogP contribution in [0.5, 0.6) is 0 Å². The zero-order chi connectivity index (χ0) is 16.8. The van der Waals surface area contributed by atoms with E-state index in [-0.39, 0.29) is 0 Å². The van der Waals surface area contributed by atoms with Gasteiger partial charge in [-0.15, -0.1) is 0 Å². The van der Waals surface area contributed by atoms with Gasteiger partial charge in [0.2, 0.25) is 0 Å². The average Bonchev–Trinajstić information content (AvgIpc) is 2.86. The standard InChI is InChI=1S/C18H18Cl2N4/c1-3-4-12-9-24-18-15(22-12)7-10(2)21-17(18)16(23-24)13-6-5-11(19)8-14(13)20/h5-8,12,22H,3-4,9H2,1-2H3/t12-/m0/s1. The summed E-state index contributed by atoms with van der Waals surface area (Å²) in [5.41, 5.74) is 5.68. The van der Waals surface area contributed by atoms with E-state index in [2.05, 4.69) is 23.0 Å². The number of nitrogens with one attached hydrogen (secondary N) is 1. The van der Waals surface area contributed by atoms with Crippen molar-refractivity contribution >= 4 is 39.9 Å². The smallest absolute Gasteiger partial charge is 0.120 e. The molecule has 0 saturated carbocycles. The van der Waals surface area contributed by atoms with Crippen molar-refractivity contribution in [3.05, 3.63) is 40.0 Å². The normalized spacial score (nSPS) is 16.4. The molecule has 1 aliphatic heterocycles. The number of rotatable bonds is 3. The first-order valence-corrected chi connectivity index (χ1v) is 8.92. The molecular weight excluding hydrogens is 343 g/mol. The zero-order valence-electron chi connectivity index (χ0n) is 13.6. The fraction of sp³-hybridized carbons (Fsp3) is 0.333. The Hall–Kier alpha value is -1.78. The van der Waals surface area contributed by atoms with E-state index in [4.69, 9.17) is 33.3 Å². The molecule has 1 aromatic carbocycles. The molecule has 124 valence electrons. The highest BCUT2D eigenvalue weighted by atomic mass is 35.5. The van der Waals surface area contributed by atoms with Crippen LogP contribution >= 0.6 is 23.2 Å². The molecule has 1 atom stereocenters. The van der Waals surface area contributed by atoms with Crippen molar-refractivity contribution in [2.24, 2.45) is 0 Å². The SMILES string of the molecule is CCC[C@H]1Cn2nc(-c3ccc(Cl)cc3Cl)c3nc(C)cc(c32)N1. The molecule has 0 amide bonds. The van der Waals surface area contributed by atoms with Crippen LogP contribution in [-0.2, 0) is 6.54 Å². The number of aryl methyl sites for hydroxylation is 1. The van der Waals surface area contributed by atoms with Crippen molar-refractivity contribution in [2.45, 2.75) is 39.3 Å². The van der Waals surface area contributed by atoms with Crippen molar-refractivity contribution in [2.75, 3.05) is 5.32 Å². The summed E-state index contributed by atoms with van der Waals surface area (Å²) in [6.45, 7) is 5.05. The molecule has 0 unspecified atom stereocenters. The van der Waals surface area contributed by atoms with Crippen molar-refractivity contribution in [3.63, 3.8) is 0 Å². The average molecular weight is 361 g/mol. The van der Waals surface area contributed by atoms with Gasteiger partial charge in [0.25, 0.3) is 0 Å². The second-order valence-corrected chi connectivity index (χ2v) is 7.14. The number of benzene rings is 1. The maximum atomic E-state index is 6.41. The Morgan fingerprint density at radius 3 is 2.88 bits per heavy atom. The number of aromatic nitrogens is 3. The number of hydrogen-bond acceptors (Lipinski definition) is 3.